The summed E-state index contributed by atoms with van der Waals surface area (Å²) >= 11 is 3.61. The van der Waals surface area contributed by atoms with Gasteiger partial charge in [-0.1, -0.05) is 34.1 Å². The Labute approximate surface area is 127 Å². The van der Waals surface area contributed by atoms with Crippen molar-refractivity contribution in [2.45, 2.75) is 25.6 Å². The monoisotopic (exact) mass is 334 g/mol. The molecule has 1 aromatic heterocycles. The average Bonchev–Trinajstić information content (AvgIpc) is 2.89. The van der Waals surface area contributed by atoms with Crippen molar-refractivity contribution in [3.63, 3.8) is 0 Å². The van der Waals surface area contributed by atoms with Crippen LogP contribution in [0, 0.1) is 0 Å². The first kappa shape index (κ1) is 13.8. The highest BCUT2D eigenvalue weighted by atomic mass is 79.9. The molecule has 0 spiro atoms. The van der Waals surface area contributed by atoms with Crippen LogP contribution >= 0.6 is 15.9 Å². The molecule has 0 amide bonds. The molecule has 0 radical (unpaired) electrons. The summed E-state index contributed by atoms with van der Waals surface area (Å²) in [5, 5.41) is 3.57. The SMILES string of the molecule is CN(Cc1ccccc1Br)CC1Cc2nc[nH]c2CN1. The summed E-state index contributed by atoms with van der Waals surface area (Å²) in [7, 11) is 2.17. The third-order valence-electron chi connectivity index (χ3n) is 3.74. The molecule has 2 heterocycles. The zero-order chi connectivity index (χ0) is 13.9. The predicted octanol–water partition coefficient (Wildman–Crippen LogP) is 2.32. The van der Waals surface area contributed by atoms with E-state index in [0.717, 1.165) is 26.1 Å². The minimum Gasteiger partial charge on any atom is -0.347 e. The summed E-state index contributed by atoms with van der Waals surface area (Å²) in [6.45, 7) is 2.86. The number of hydrogen-bond donors (Lipinski definition) is 2. The Morgan fingerprint density at radius 2 is 2.25 bits per heavy atom. The van der Waals surface area contributed by atoms with Crippen LogP contribution in [0.15, 0.2) is 35.1 Å². The van der Waals surface area contributed by atoms with Gasteiger partial charge in [0.1, 0.15) is 0 Å². The Kier molecular flexibility index (Phi) is 4.19. The molecule has 3 rings (SSSR count). The van der Waals surface area contributed by atoms with Crippen molar-refractivity contribution in [2.24, 2.45) is 0 Å². The van der Waals surface area contributed by atoms with Gasteiger partial charge in [-0.25, -0.2) is 4.98 Å². The topological polar surface area (TPSA) is 44.0 Å². The molecule has 0 aliphatic carbocycles. The van der Waals surface area contributed by atoms with Crippen LogP contribution in [0.3, 0.4) is 0 Å². The van der Waals surface area contributed by atoms with Gasteiger partial charge in [-0.3, -0.25) is 0 Å². The molecule has 1 unspecified atom stereocenters. The Balaban J connectivity index is 1.58. The lowest BCUT2D eigenvalue weighted by atomic mass is 10.0. The van der Waals surface area contributed by atoms with Crippen LogP contribution in [0.4, 0.5) is 0 Å². The van der Waals surface area contributed by atoms with Crippen molar-refractivity contribution in [3.05, 3.63) is 52.0 Å². The second-order valence-electron chi connectivity index (χ2n) is 5.40. The number of fused-ring (bicyclic) bond motifs is 1. The Hall–Kier alpha value is -1.17. The molecule has 0 saturated heterocycles. The summed E-state index contributed by atoms with van der Waals surface area (Å²) in [6.07, 6.45) is 2.79. The van der Waals surface area contributed by atoms with Gasteiger partial charge in [0.15, 0.2) is 0 Å². The second kappa shape index (κ2) is 6.08. The van der Waals surface area contributed by atoms with Crippen molar-refractivity contribution in [1.82, 2.24) is 20.2 Å². The van der Waals surface area contributed by atoms with E-state index in [1.807, 2.05) is 0 Å². The van der Waals surface area contributed by atoms with Crippen molar-refractivity contribution < 1.29 is 0 Å². The van der Waals surface area contributed by atoms with Gasteiger partial charge >= 0.3 is 0 Å². The quantitative estimate of drug-likeness (QED) is 0.901. The number of benzene rings is 1. The molecule has 4 nitrogen and oxygen atoms in total. The lowest BCUT2D eigenvalue weighted by molar-refractivity contribution is 0.272. The van der Waals surface area contributed by atoms with Crippen molar-refractivity contribution in [2.75, 3.05) is 13.6 Å². The maximum atomic E-state index is 4.39. The number of aromatic nitrogens is 2. The summed E-state index contributed by atoms with van der Waals surface area (Å²) in [5.74, 6) is 0. The van der Waals surface area contributed by atoms with Gasteiger partial charge in [-0.15, -0.1) is 0 Å². The molecular weight excluding hydrogens is 316 g/mol. The fourth-order valence-electron chi connectivity index (χ4n) is 2.72. The van der Waals surface area contributed by atoms with Crippen LogP contribution in [0.2, 0.25) is 0 Å². The van der Waals surface area contributed by atoms with Crippen molar-refractivity contribution in [3.8, 4) is 0 Å². The summed E-state index contributed by atoms with van der Waals surface area (Å²) in [5.41, 5.74) is 3.77. The standard InChI is InChI=1S/C15H19BrN4/c1-20(8-11-4-2-3-5-13(11)16)9-12-6-14-15(7-17-12)19-10-18-14/h2-5,10,12,17H,6-9H2,1H3,(H,18,19). The maximum Gasteiger partial charge on any atom is 0.0925 e. The minimum atomic E-state index is 0.471. The van der Waals surface area contributed by atoms with E-state index in [1.54, 1.807) is 6.33 Å². The zero-order valence-electron chi connectivity index (χ0n) is 11.6. The average molecular weight is 335 g/mol. The first-order valence-corrected chi connectivity index (χ1v) is 7.68. The third-order valence-corrected chi connectivity index (χ3v) is 4.52. The van der Waals surface area contributed by atoms with Gasteiger partial charge in [-0.2, -0.15) is 0 Å². The number of H-pyrrole nitrogens is 1. The molecule has 20 heavy (non-hydrogen) atoms. The van der Waals surface area contributed by atoms with Gasteiger partial charge in [0.25, 0.3) is 0 Å². The smallest absolute Gasteiger partial charge is 0.0925 e. The van der Waals surface area contributed by atoms with E-state index >= 15 is 0 Å². The van der Waals surface area contributed by atoms with Crippen LogP contribution in [0.1, 0.15) is 17.0 Å². The molecule has 0 fully saturated rings. The number of hydrogen-bond acceptors (Lipinski definition) is 3. The number of halogens is 1. The van der Waals surface area contributed by atoms with E-state index in [0.29, 0.717) is 6.04 Å². The molecule has 0 saturated carbocycles. The number of rotatable bonds is 4. The van der Waals surface area contributed by atoms with E-state index < -0.39 is 0 Å². The number of nitrogens with one attached hydrogen (secondary N) is 2. The fourth-order valence-corrected chi connectivity index (χ4v) is 3.13. The van der Waals surface area contributed by atoms with Gasteiger partial charge in [-0.05, 0) is 18.7 Å². The van der Waals surface area contributed by atoms with E-state index in [1.165, 1.54) is 21.4 Å². The van der Waals surface area contributed by atoms with E-state index in [2.05, 4.69) is 67.4 Å². The number of imidazole rings is 1. The van der Waals surface area contributed by atoms with Gasteiger partial charge in [0.2, 0.25) is 0 Å². The highest BCUT2D eigenvalue weighted by molar-refractivity contribution is 9.10. The van der Waals surface area contributed by atoms with Crippen LogP contribution in [-0.2, 0) is 19.5 Å². The maximum absolute atomic E-state index is 4.39. The highest BCUT2D eigenvalue weighted by Gasteiger charge is 2.21. The van der Waals surface area contributed by atoms with Crippen LogP contribution in [0.5, 0.6) is 0 Å². The van der Waals surface area contributed by atoms with Gasteiger partial charge in [0, 0.05) is 36.6 Å². The molecule has 1 atom stereocenters. The van der Waals surface area contributed by atoms with Crippen LogP contribution in [0.25, 0.3) is 0 Å². The van der Waals surface area contributed by atoms with E-state index in [4.69, 9.17) is 0 Å². The van der Waals surface area contributed by atoms with Crippen molar-refractivity contribution >= 4 is 15.9 Å². The second-order valence-corrected chi connectivity index (χ2v) is 6.25. The number of nitrogens with zero attached hydrogens (tertiary/aromatic N) is 2. The fraction of sp³-hybridized carbons (Fsp3) is 0.400. The molecule has 2 N–H and O–H groups in total. The van der Waals surface area contributed by atoms with Gasteiger partial charge < -0.3 is 15.2 Å². The predicted molar refractivity (Wildman–Crippen MR) is 83.4 cm³/mol. The summed E-state index contributed by atoms with van der Waals surface area (Å²) in [4.78, 5) is 9.93. The molecule has 0 bridgehead atoms. The molecule has 1 aliphatic heterocycles. The largest absolute Gasteiger partial charge is 0.347 e. The van der Waals surface area contributed by atoms with Crippen LogP contribution in [-0.4, -0.2) is 34.5 Å². The minimum absolute atomic E-state index is 0.471. The van der Waals surface area contributed by atoms with E-state index in [-0.39, 0.29) is 0 Å². The first-order valence-electron chi connectivity index (χ1n) is 6.89. The molecule has 2 aromatic rings. The normalized spacial score (nSPS) is 18.2. The Bertz CT molecular complexity index is 581. The molecule has 106 valence electrons. The first-order chi connectivity index (χ1) is 9.72. The molecule has 5 heteroatoms. The lowest BCUT2D eigenvalue weighted by Crippen LogP contribution is -2.43. The Morgan fingerprint density at radius 1 is 1.40 bits per heavy atom. The molecular formula is C15H19BrN4. The Morgan fingerprint density at radius 3 is 3.10 bits per heavy atom. The van der Waals surface area contributed by atoms with E-state index in [9.17, 15) is 0 Å². The zero-order valence-corrected chi connectivity index (χ0v) is 13.2. The summed E-state index contributed by atoms with van der Waals surface area (Å²) in [6, 6.07) is 8.87. The lowest BCUT2D eigenvalue weighted by Gasteiger charge is -2.28. The van der Waals surface area contributed by atoms with Gasteiger partial charge in [0.05, 0.1) is 17.7 Å². The number of aromatic amines is 1. The summed E-state index contributed by atoms with van der Waals surface area (Å²) < 4.78 is 1.18. The molecule has 1 aliphatic rings. The highest BCUT2D eigenvalue weighted by Crippen LogP contribution is 2.18. The third kappa shape index (κ3) is 3.11. The van der Waals surface area contributed by atoms with Crippen LogP contribution < -0.4 is 5.32 Å². The molecule has 1 aromatic carbocycles. The van der Waals surface area contributed by atoms with Crippen molar-refractivity contribution in [1.29, 1.82) is 0 Å². The number of likely N-dealkylation sites (N-methyl/N-ethyl adjacent to an activating group) is 1.